The predicted octanol–water partition coefficient (Wildman–Crippen LogP) is -0.836. The van der Waals surface area contributed by atoms with E-state index in [1.54, 1.807) is 0 Å². The Morgan fingerprint density at radius 2 is 2.20 bits per heavy atom. The van der Waals surface area contributed by atoms with Crippen LogP contribution in [0.4, 0.5) is 10.6 Å². The number of aliphatic hydroxyl groups excluding tert-OH is 2. The number of hydrogen-bond donors (Lipinski definition) is 4. The number of nitrogen functional groups attached to an aromatic ring is 1. The molecule has 1 aliphatic rings. The van der Waals surface area contributed by atoms with Crippen molar-refractivity contribution in [1.29, 1.82) is 0 Å². The van der Waals surface area contributed by atoms with E-state index in [1.165, 1.54) is 17.2 Å². The molecule has 25 heavy (non-hydrogen) atoms. The molecule has 0 saturated carbocycles. The first kappa shape index (κ1) is 17.3. The second kappa shape index (κ2) is 7.17. The number of alkyl carbamates (subject to hydrolysis) is 1. The van der Waals surface area contributed by atoms with Crippen LogP contribution in [0.3, 0.4) is 0 Å². The SMILES string of the molecule is CCCNC(=O)OC[C@H]1O[C@@H](n2cnc3c(N)ncnc32)[C@H](O)[C@@H]1O. The highest BCUT2D eigenvalue weighted by Crippen LogP contribution is 2.32. The molecule has 0 radical (unpaired) electrons. The Kier molecular flexibility index (Phi) is 4.97. The standard InChI is InChI=1S/C14H20N6O5/c1-2-3-16-14(23)24-4-7-9(21)10(22)13(25-7)20-6-19-8-11(15)17-5-18-12(8)20/h5-7,9-10,13,21-22H,2-4H2,1H3,(H,16,23)(H2,15,17,18)/t7-,9-,10-,13-/m1/s1. The van der Waals surface area contributed by atoms with E-state index >= 15 is 0 Å². The lowest BCUT2D eigenvalue weighted by atomic mass is 10.1. The van der Waals surface area contributed by atoms with Crippen LogP contribution in [-0.4, -0.2) is 67.3 Å². The second-order valence-electron chi connectivity index (χ2n) is 5.65. The van der Waals surface area contributed by atoms with Crippen LogP contribution in [0.25, 0.3) is 11.2 Å². The normalized spacial score (nSPS) is 26.0. The van der Waals surface area contributed by atoms with Gasteiger partial charge in [0.2, 0.25) is 0 Å². The van der Waals surface area contributed by atoms with Gasteiger partial charge >= 0.3 is 6.09 Å². The lowest BCUT2D eigenvalue weighted by molar-refractivity contribution is -0.0533. The van der Waals surface area contributed by atoms with Crippen LogP contribution in [0.15, 0.2) is 12.7 Å². The van der Waals surface area contributed by atoms with Gasteiger partial charge in [-0.1, -0.05) is 6.92 Å². The number of nitrogens with zero attached hydrogens (tertiary/aromatic N) is 4. The summed E-state index contributed by atoms with van der Waals surface area (Å²) < 4.78 is 12.1. The number of hydrogen-bond acceptors (Lipinski definition) is 9. The number of fused-ring (bicyclic) bond motifs is 1. The average Bonchev–Trinajstić information content (AvgIpc) is 3.15. The molecule has 4 atom stereocenters. The fourth-order valence-electron chi connectivity index (χ4n) is 2.59. The fraction of sp³-hybridized carbons (Fsp3) is 0.571. The van der Waals surface area contributed by atoms with E-state index in [0.29, 0.717) is 17.7 Å². The number of aromatic nitrogens is 4. The average molecular weight is 352 g/mol. The Morgan fingerprint density at radius 3 is 2.96 bits per heavy atom. The lowest BCUT2D eigenvalue weighted by Gasteiger charge is -2.16. The lowest BCUT2D eigenvalue weighted by Crippen LogP contribution is -2.36. The van der Waals surface area contributed by atoms with E-state index in [0.717, 1.165) is 6.42 Å². The Morgan fingerprint density at radius 1 is 1.40 bits per heavy atom. The van der Waals surface area contributed by atoms with Crippen LogP contribution in [0, 0.1) is 0 Å². The van der Waals surface area contributed by atoms with E-state index in [2.05, 4.69) is 20.3 Å². The van der Waals surface area contributed by atoms with Gasteiger partial charge in [0.25, 0.3) is 0 Å². The minimum Gasteiger partial charge on any atom is -0.447 e. The maximum atomic E-state index is 11.5. The van der Waals surface area contributed by atoms with E-state index in [9.17, 15) is 15.0 Å². The van der Waals surface area contributed by atoms with Crippen molar-refractivity contribution < 1.29 is 24.5 Å². The summed E-state index contributed by atoms with van der Waals surface area (Å²) in [6.45, 7) is 2.20. The van der Waals surface area contributed by atoms with Crippen molar-refractivity contribution in [3.63, 3.8) is 0 Å². The molecule has 1 aliphatic heterocycles. The Labute approximate surface area is 142 Å². The van der Waals surface area contributed by atoms with Crippen molar-refractivity contribution in [2.75, 3.05) is 18.9 Å². The maximum absolute atomic E-state index is 11.5. The largest absolute Gasteiger partial charge is 0.447 e. The monoisotopic (exact) mass is 352 g/mol. The number of aliphatic hydroxyl groups is 2. The third-order valence-corrected chi connectivity index (χ3v) is 3.90. The number of carbonyl (C=O) groups is 1. The molecule has 11 heteroatoms. The van der Waals surface area contributed by atoms with Crippen LogP contribution in [0.2, 0.25) is 0 Å². The smallest absolute Gasteiger partial charge is 0.407 e. The molecule has 2 aromatic heterocycles. The van der Waals surface area contributed by atoms with E-state index < -0.39 is 30.6 Å². The zero-order valence-corrected chi connectivity index (χ0v) is 13.6. The molecule has 0 spiro atoms. The number of imidazole rings is 1. The molecule has 1 fully saturated rings. The molecule has 3 rings (SSSR count). The molecule has 3 heterocycles. The Bertz CT molecular complexity index is 752. The number of nitrogens with one attached hydrogen (secondary N) is 1. The number of anilines is 1. The number of nitrogens with two attached hydrogens (primary N) is 1. The summed E-state index contributed by atoms with van der Waals surface area (Å²) in [5, 5.41) is 23.0. The van der Waals surface area contributed by atoms with E-state index in [-0.39, 0.29) is 12.4 Å². The highest BCUT2D eigenvalue weighted by atomic mass is 16.6. The summed E-state index contributed by atoms with van der Waals surface area (Å²) in [4.78, 5) is 23.5. The summed E-state index contributed by atoms with van der Waals surface area (Å²) in [6.07, 6.45) is -1.48. The first-order chi connectivity index (χ1) is 12.0. The molecule has 2 aromatic rings. The van der Waals surface area contributed by atoms with Gasteiger partial charge in [0.05, 0.1) is 6.33 Å². The van der Waals surface area contributed by atoms with Gasteiger partial charge in [-0.25, -0.2) is 19.7 Å². The van der Waals surface area contributed by atoms with Crippen LogP contribution in [-0.2, 0) is 9.47 Å². The summed E-state index contributed by atoms with van der Waals surface area (Å²) >= 11 is 0. The van der Waals surface area contributed by atoms with Crippen LogP contribution >= 0.6 is 0 Å². The number of ether oxygens (including phenoxy) is 2. The number of carbonyl (C=O) groups excluding carboxylic acids is 1. The van der Waals surface area contributed by atoms with Gasteiger partial charge in [0.15, 0.2) is 17.7 Å². The van der Waals surface area contributed by atoms with Crippen molar-refractivity contribution in [2.24, 2.45) is 0 Å². The minimum atomic E-state index is -1.25. The number of rotatable bonds is 5. The minimum absolute atomic E-state index is 0.198. The second-order valence-corrected chi connectivity index (χ2v) is 5.65. The van der Waals surface area contributed by atoms with Gasteiger partial charge in [-0.3, -0.25) is 4.57 Å². The van der Waals surface area contributed by atoms with Crippen molar-refractivity contribution >= 4 is 23.1 Å². The molecule has 5 N–H and O–H groups in total. The third-order valence-electron chi connectivity index (χ3n) is 3.90. The van der Waals surface area contributed by atoms with Crippen LogP contribution in [0.1, 0.15) is 19.6 Å². The summed E-state index contributed by atoms with van der Waals surface area (Å²) in [5.74, 6) is 0.198. The molecule has 1 amide bonds. The first-order valence-electron chi connectivity index (χ1n) is 7.88. The highest BCUT2D eigenvalue weighted by Gasteiger charge is 2.44. The van der Waals surface area contributed by atoms with Crippen molar-refractivity contribution in [2.45, 2.75) is 37.9 Å². The topological polar surface area (TPSA) is 158 Å². The van der Waals surface area contributed by atoms with Crippen molar-refractivity contribution in [3.05, 3.63) is 12.7 Å². The van der Waals surface area contributed by atoms with Gasteiger partial charge in [0, 0.05) is 6.54 Å². The Hall–Kier alpha value is -2.50. The fourth-order valence-corrected chi connectivity index (χ4v) is 2.59. The predicted molar refractivity (Wildman–Crippen MR) is 85.3 cm³/mol. The maximum Gasteiger partial charge on any atom is 0.407 e. The molecule has 136 valence electrons. The zero-order valence-electron chi connectivity index (χ0n) is 13.6. The summed E-state index contributed by atoms with van der Waals surface area (Å²) in [5.41, 5.74) is 6.47. The van der Waals surface area contributed by atoms with Gasteiger partial charge < -0.3 is 30.7 Å². The van der Waals surface area contributed by atoms with Crippen molar-refractivity contribution in [1.82, 2.24) is 24.8 Å². The van der Waals surface area contributed by atoms with Crippen molar-refractivity contribution in [3.8, 4) is 0 Å². The van der Waals surface area contributed by atoms with Gasteiger partial charge in [-0.05, 0) is 6.42 Å². The van der Waals surface area contributed by atoms with Gasteiger partial charge in [-0.15, -0.1) is 0 Å². The molecule has 0 unspecified atom stereocenters. The summed E-state index contributed by atoms with van der Waals surface area (Å²) in [7, 11) is 0. The first-order valence-corrected chi connectivity index (χ1v) is 7.88. The van der Waals surface area contributed by atoms with Gasteiger partial charge in [0.1, 0.15) is 36.8 Å². The molecule has 0 bridgehead atoms. The third kappa shape index (κ3) is 3.34. The molecular weight excluding hydrogens is 332 g/mol. The van der Waals surface area contributed by atoms with Crippen LogP contribution < -0.4 is 11.1 Å². The van der Waals surface area contributed by atoms with E-state index in [4.69, 9.17) is 15.2 Å². The van der Waals surface area contributed by atoms with Gasteiger partial charge in [-0.2, -0.15) is 0 Å². The Balaban J connectivity index is 1.71. The molecule has 0 aromatic carbocycles. The van der Waals surface area contributed by atoms with Crippen LogP contribution in [0.5, 0.6) is 0 Å². The summed E-state index contributed by atoms with van der Waals surface area (Å²) in [6, 6.07) is 0. The molecule has 11 nitrogen and oxygen atoms in total. The van der Waals surface area contributed by atoms with E-state index in [1.807, 2.05) is 6.92 Å². The zero-order chi connectivity index (χ0) is 18.0. The number of amides is 1. The molecule has 1 saturated heterocycles. The molecular formula is C14H20N6O5. The quantitative estimate of drug-likeness (QED) is 0.538. The highest BCUT2D eigenvalue weighted by molar-refractivity contribution is 5.81. The molecule has 0 aliphatic carbocycles.